The molecule has 0 unspecified atom stereocenters. The lowest BCUT2D eigenvalue weighted by atomic mass is 10.6. The van der Waals surface area contributed by atoms with Gasteiger partial charge in [0, 0.05) is 20.6 Å². The quantitative estimate of drug-likeness (QED) is 0.545. The summed E-state index contributed by atoms with van der Waals surface area (Å²) in [6, 6.07) is 0. The minimum absolute atomic E-state index is 0.0560. The minimum Gasteiger partial charge on any atom is -0.358 e. The molecule has 0 saturated carbocycles. The third-order valence-electron chi connectivity index (χ3n) is 1.50. The fraction of sp³-hybridized carbons (Fsp3) is 0.833. The molecular formula is C6H15N3O3S. The van der Waals surface area contributed by atoms with Crippen molar-refractivity contribution in [3.8, 4) is 0 Å². The van der Waals surface area contributed by atoms with E-state index in [0.717, 1.165) is 4.31 Å². The van der Waals surface area contributed by atoms with Crippen molar-refractivity contribution in [3.63, 3.8) is 0 Å². The van der Waals surface area contributed by atoms with Crippen LogP contribution in [0.2, 0.25) is 0 Å². The number of nitrogens with zero attached hydrogens (tertiary/aromatic N) is 1. The Morgan fingerprint density at radius 1 is 1.54 bits per heavy atom. The summed E-state index contributed by atoms with van der Waals surface area (Å²) in [6.45, 7) is -0.112. The topological polar surface area (TPSA) is 92.5 Å². The maximum atomic E-state index is 11.2. The number of sulfonamides is 1. The molecule has 0 spiro atoms. The molecule has 78 valence electrons. The lowest BCUT2D eigenvalue weighted by molar-refractivity contribution is -0.120. The summed E-state index contributed by atoms with van der Waals surface area (Å²) in [6.07, 6.45) is 0. The highest BCUT2D eigenvalue weighted by Gasteiger charge is 2.18. The van der Waals surface area contributed by atoms with Crippen molar-refractivity contribution in [3.05, 3.63) is 0 Å². The number of likely N-dealkylation sites (N-methyl/N-ethyl adjacent to an activating group) is 2. The molecule has 1 amide bonds. The largest absolute Gasteiger partial charge is 0.358 e. The molecule has 0 rings (SSSR count). The highest BCUT2D eigenvalue weighted by Crippen LogP contribution is 1.95. The highest BCUT2D eigenvalue weighted by atomic mass is 32.2. The van der Waals surface area contributed by atoms with Crippen molar-refractivity contribution in [2.24, 2.45) is 5.73 Å². The van der Waals surface area contributed by atoms with Crippen LogP contribution < -0.4 is 11.1 Å². The second-order valence-corrected chi connectivity index (χ2v) is 4.73. The minimum atomic E-state index is -3.37. The zero-order chi connectivity index (χ0) is 10.5. The molecule has 0 aromatic rings. The van der Waals surface area contributed by atoms with Crippen LogP contribution in [0.15, 0.2) is 0 Å². The Hall–Kier alpha value is -0.660. The average Bonchev–Trinajstić information content (AvgIpc) is 2.04. The Kier molecular flexibility index (Phi) is 4.89. The Labute approximate surface area is 78.1 Å². The average molecular weight is 209 g/mol. The van der Waals surface area contributed by atoms with Gasteiger partial charge in [0.05, 0.1) is 12.3 Å². The van der Waals surface area contributed by atoms with Crippen LogP contribution in [-0.4, -0.2) is 51.6 Å². The Morgan fingerprint density at radius 2 is 2.08 bits per heavy atom. The molecule has 0 saturated heterocycles. The lowest BCUT2D eigenvalue weighted by Gasteiger charge is -2.15. The molecule has 0 bridgehead atoms. The monoisotopic (exact) mass is 209 g/mol. The first kappa shape index (κ1) is 12.3. The van der Waals surface area contributed by atoms with Gasteiger partial charge in [0.15, 0.2) is 0 Å². The predicted octanol–water partition coefficient (Wildman–Crippen LogP) is -2.05. The summed E-state index contributed by atoms with van der Waals surface area (Å²) in [5.41, 5.74) is 5.11. The van der Waals surface area contributed by atoms with E-state index in [-0.39, 0.29) is 24.7 Å². The maximum Gasteiger partial charge on any atom is 0.235 e. The first-order valence-corrected chi connectivity index (χ1v) is 5.39. The van der Waals surface area contributed by atoms with E-state index < -0.39 is 10.0 Å². The van der Waals surface area contributed by atoms with E-state index in [0.29, 0.717) is 0 Å². The van der Waals surface area contributed by atoms with Gasteiger partial charge in [-0.1, -0.05) is 0 Å². The number of nitrogens with one attached hydrogen (secondary N) is 1. The standard InChI is InChI=1S/C6H15N3O3S/c1-8-6(10)5-9(2)13(11,12)4-3-7/h3-5,7H2,1-2H3,(H,8,10). The molecule has 0 aliphatic heterocycles. The van der Waals surface area contributed by atoms with Crippen molar-refractivity contribution in [2.45, 2.75) is 0 Å². The molecule has 13 heavy (non-hydrogen) atoms. The van der Waals surface area contributed by atoms with Crippen LogP contribution in [0.25, 0.3) is 0 Å². The number of carbonyl (C=O) groups is 1. The molecule has 0 radical (unpaired) electrons. The van der Waals surface area contributed by atoms with Crippen LogP contribution >= 0.6 is 0 Å². The SMILES string of the molecule is CNC(=O)CN(C)S(=O)(=O)CCN. The first-order valence-electron chi connectivity index (χ1n) is 3.78. The zero-order valence-electron chi connectivity index (χ0n) is 7.78. The number of amides is 1. The van der Waals surface area contributed by atoms with Crippen molar-refractivity contribution in [1.29, 1.82) is 0 Å². The van der Waals surface area contributed by atoms with Crippen molar-refractivity contribution >= 4 is 15.9 Å². The lowest BCUT2D eigenvalue weighted by Crippen LogP contribution is -2.39. The fourth-order valence-corrected chi connectivity index (χ4v) is 1.61. The predicted molar refractivity (Wildman–Crippen MR) is 49.5 cm³/mol. The van der Waals surface area contributed by atoms with Gasteiger partial charge in [-0.25, -0.2) is 8.42 Å². The summed E-state index contributed by atoms with van der Waals surface area (Å²) < 4.78 is 23.5. The third-order valence-corrected chi connectivity index (χ3v) is 3.33. The van der Waals surface area contributed by atoms with Gasteiger partial charge in [-0.2, -0.15) is 4.31 Å². The van der Waals surface area contributed by atoms with Gasteiger partial charge in [0.2, 0.25) is 15.9 Å². The second-order valence-electron chi connectivity index (χ2n) is 2.53. The molecule has 6 nitrogen and oxygen atoms in total. The van der Waals surface area contributed by atoms with Crippen molar-refractivity contribution in [2.75, 3.05) is 32.9 Å². The molecule has 0 atom stereocenters. The summed E-state index contributed by atoms with van der Waals surface area (Å²) in [4.78, 5) is 10.8. The van der Waals surface area contributed by atoms with Gasteiger partial charge in [0.1, 0.15) is 0 Å². The Morgan fingerprint density at radius 3 is 2.46 bits per heavy atom. The maximum absolute atomic E-state index is 11.2. The molecule has 3 N–H and O–H groups in total. The fourth-order valence-electron chi connectivity index (χ4n) is 0.684. The molecular weight excluding hydrogens is 194 g/mol. The van der Waals surface area contributed by atoms with Crippen LogP contribution in [0.5, 0.6) is 0 Å². The van der Waals surface area contributed by atoms with E-state index in [1.165, 1.54) is 14.1 Å². The molecule has 7 heteroatoms. The molecule has 0 aliphatic rings. The van der Waals surface area contributed by atoms with Crippen LogP contribution in [-0.2, 0) is 14.8 Å². The van der Waals surface area contributed by atoms with E-state index in [4.69, 9.17) is 5.73 Å². The van der Waals surface area contributed by atoms with Gasteiger partial charge in [-0.3, -0.25) is 4.79 Å². The number of carbonyl (C=O) groups excluding carboxylic acids is 1. The van der Waals surface area contributed by atoms with E-state index in [1.807, 2.05) is 0 Å². The van der Waals surface area contributed by atoms with Crippen LogP contribution in [0.1, 0.15) is 0 Å². The first-order chi connectivity index (χ1) is 5.94. The van der Waals surface area contributed by atoms with Gasteiger partial charge in [0.25, 0.3) is 0 Å². The number of hydrogen-bond acceptors (Lipinski definition) is 4. The summed E-state index contributed by atoms with van der Waals surface area (Å²) in [7, 11) is -0.570. The van der Waals surface area contributed by atoms with E-state index >= 15 is 0 Å². The zero-order valence-corrected chi connectivity index (χ0v) is 8.60. The van der Waals surface area contributed by atoms with Gasteiger partial charge < -0.3 is 11.1 Å². The number of hydrogen-bond donors (Lipinski definition) is 2. The summed E-state index contributed by atoms with van der Waals surface area (Å²) in [5.74, 6) is -0.483. The van der Waals surface area contributed by atoms with Crippen LogP contribution in [0.4, 0.5) is 0 Å². The van der Waals surface area contributed by atoms with E-state index in [1.54, 1.807) is 0 Å². The molecule has 0 aromatic heterocycles. The Balaban J connectivity index is 4.25. The molecule has 0 heterocycles. The summed E-state index contributed by atoms with van der Waals surface area (Å²) in [5, 5.41) is 2.33. The van der Waals surface area contributed by atoms with Crippen LogP contribution in [0, 0.1) is 0 Å². The van der Waals surface area contributed by atoms with Crippen molar-refractivity contribution in [1.82, 2.24) is 9.62 Å². The van der Waals surface area contributed by atoms with E-state index in [9.17, 15) is 13.2 Å². The Bertz CT molecular complexity index is 262. The van der Waals surface area contributed by atoms with Crippen molar-refractivity contribution < 1.29 is 13.2 Å². The second kappa shape index (κ2) is 5.15. The normalized spacial score (nSPS) is 11.7. The molecule has 0 fully saturated rings. The summed E-state index contributed by atoms with van der Waals surface area (Å²) >= 11 is 0. The van der Waals surface area contributed by atoms with Crippen LogP contribution in [0.3, 0.4) is 0 Å². The van der Waals surface area contributed by atoms with Gasteiger partial charge in [-0.15, -0.1) is 0 Å². The van der Waals surface area contributed by atoms with E-state index in [2.05, 4.69) is 5.32 Å². The molecule has 0 aliphatic carbocycles. The molecule has 0 aromatic carbocycles. The number of rotatable bonds is 5. The number of nitrogens with two attached hydrogens (primary N) is 1. The highest BCUT2D eigenvalue weighted by molar-refractivity contribution is 7.89. The smallest absolute Gasteiger partial charge is 0.235 e. The van der Waals surface area contributed by atoms with Gasteiger partial charge in [-0.05, 0) is 0 Å². The third kappa shape index (κ3) is 4.20. The van der Waals surface area contributed by atoms with Gasteiger partial charge >= 0.3 is 0 Å².